The normalized spacial score (nSPS) is 18.6. The zero-order chi connectivity index (χ0) is 13.9. The third-order valence-electron chi connectivity index (χ3n) is 3.62. The first-order chi connectivity index (χ1) is 9.72. The lowest BCUT2D eigenvalue weighted by Crippen LogP contribution is -2.28. The van der Waals surface area contributed by atoms with Crippen molar-refractivity contribution >= 4 is 17.5 Å². The van der Waals surface area contributed by atoms with Crippen LogP contribution in [-0.2, 0) is 11.2 Å². The average Bonchev–Trinajstić information content (AvgIpc) is 3.16. The molecule has 0 radical (unpaired) electrons. The van der Waals surface area contributed by atoms with Crippen molar-refractivity contribution in [2.45, 2.75) is 25.2 Å². The van der Waals surface area contributed by atoms with E-state index in [1.165, 1.54) is 0 Å². The zero-order valence-electron chi connectivity index (χ0n) is 10.9. The van der Waals surface area contributed by atoms with Crippen LogP contribution >= 0.6 is 11.6 Å². The van der Waals surface area contributed by atoms with Crippen LogP contribution in [0, 0.1) is 0 Å². The number of aromatic nitrogens is 3. The Hall–Kier alpha value is -1.82. The molecule has 1 aliphatic rings. The molecule has 0 bridgehead atoms. The van der Waals surface area contributed by atoms with Crippen LogP contribution in [0.1, 0.15) is 30.2 Å². The maximum absolute atomic E-state index is 12.1. The number of nitrogens with zero attached hydrogens (tertiary/aromatic N) is 3. The number of hydrogen-bond donors (Lipinski definition) is 1. The number of likely N-dealkylation sites (tertiary alicyclic amines) is 1. The second kappa shape index (κ2) is 5.66. The van der Waals surface area contributed by atoms with Crippen molar-refractivity contribution in [3.05, 3.63) is 34.9 Å². The molecule has 1 saturated heterocycles. The first-order valence-corrected chi connectivity index (χ1v) is 6.98. The topological polar surface area (TPSA) is 75.0 Å². The van der Waals surface area contributed by atoms with E-state index >= 15 is 0 Å². The molecule has 1 amide bonds. The molecule has 2 aromatic rings. The summed E-state index contributed by atoms with van der Waals surface area (Å²) in [5.41, 5.74) is 1.10. The maximum atomic E-state index is 12.1. The molecule has 1 N–H and O–H groups in total. The highest BCUT2D eigenvalue weighted by Gasteiger charge is 2.27. The van der Waals surface area contributed by atoms with Gasteiger partial charge in [-0.05, 0) is 12.5 Å². The smallest absolute Gasteiger partial charge is 0.223 e. The number of nitrogens with one attached hydrogen (secondary N) is 1. The monoisotopic (exact) mass is 294 g/mol. The van der Waals surface area contributed by atoms with Gasteiger partial charge in [-0.3, -0.25) is 9.89 Å². The van der Waals surface area contributed by atoms with E-state index in [0.29, 0.717) is 29.7 Å². The Morgan fingerprint density at radius 3 is 3.20 bits per heavy atom. The molecule has 6 nitrogen and oxygen atoms in total. The SMILES string of the molecule is O=C(CCc1cc(Cl)no1)N1CCC(c2ccn[nH]2)C1. The summed E-state index contributed by atoms with van der Waals surface area (Å²) in [5, 5.41) is 10.8. The second-order valence-electron chi connectivity index (χ2n) is 4.95. The van der Waals surface area contributed by atoms with E-state index < -0.39 is 0 Å². The van der Waals surface area contributed by atoms with Gasteiger partial charge < -0.3 is 9.42 Å². The summed E-state index contributed by atoms with van der Waals surface area (Å²) in [4.78, 5) is 14.0. The molecule has 1 aliphatic heterocycles. The Morgan fingerprint density at radius 2 is 2.50 bits per heavy atom. The third-order valence-corrected chi connectivity index (χ3v) is 3.80. The number of carbonyl (C=O) groups is 1. The van der Waals surface area contributed by atoms with Gasteiger partial charge in [0, 0.05) is 49.8 Å². The number of halogens is 1. The van der Waals surface area contributed by atoms with E-state index in [2.05, 4.69) is 15.4 Å². The van der Waals surface area contributed by atoms with Gasteiger partial charge in [0.2, 0.25) is 5.91 Å². The van der Waals surface area contributed by atoms with E-state index in [1.807, 2.05) is 11.0 Å². The summed E-state index contributed by atoms with van der Waals surface area (Å²) in [6, 6.07) is 3.61. The van der Waals surface area contributed by atoms with Crippen molar-refractivity contribution in [1.82, 2.24) is 20.3 Å². The lowest BCUT2D eigenvalue weighted by Gasteiger charge is -2.15. The molecule has 1 atom stereocenters. The molecule has 0 spiro atoms. The fraction of sp³-hybridized carbons (Fsp3) is 0.462. The first-order valence-electron chi connectivity index (χ1n) is 6.60. The van der Waals surface area contributed by atoms with Crippen molar-refractivity contribution in [1.29, 1.82) is 0 Å². The average molecular weight is 295 g/mol. The zero-order valence-corrected chi connectivity index (χ0v) is 11.6. The van der Waals surface area contributed by atoms with Crippen molar-refractivity contribution in [2.24, 2.45) is 0 Å². The summed E-state index contributed by atoms with van der Waals surface area (Å²) in [6.45, 7) is 1.54. The van der Waals surface area contributed by atoms with Crippen molar-refractivity contribution in [2.75, 3.05) is 13.1 Å². The standard InChI is InChI=1S/C13H15ClN4O2/c14-12-7-10(20-17-12)1-2-13(19)18-6-4-9(8-18)11-3-5-15-16-11/h3,5,7,9H,1-2,4,6,8H2,(H,15,16). The Morgan fingerprint density at radius 1 is 1.60 bits per heavy atom. The largest absolute Gasteiger partial charge is 0.360 e. The highest BCUT2D eigenvalue weighted by atomic mass is 35.5. The molecule has 2 aromatic heterocycles. The molecule has 0 aliphatic carbocycles. The Balaban J connectivity index is 1.51. The quantitative estimate of drug-likeness (QED) is 0.936. The number of carbonyl (C=O) groups excluding carboxylic acids is 1. The Kier molecular flexibility index (Phi) is 3.73. The maximum Gasteiger partial charge on any atom is 0.223 e. The van der Waals surface area contributed by atoms with Gasteiger partial charge in [-0.25, -0.2) is 0 Å². The van der Waals surface area contributed by atoms with Gasteiger partial charge in [0.15, 0.2) is 5.15 Å². The number of H-pyrrole nitrogens is 1. The number of amides is 1. The summed E-state index contributed by atoms with van der Waals surface area (Å²) < 4.78 is 4.99. The molecule has 0 saturated carbocycles. The van der Waals surface area contributed by atoms with Crippen LogP contribution in [0.3, 0.4) is 0 Å². The highest BCUT2D eigenvalue weighted by Crippen LogP contribution is 2.26. The first kappa shape index (κ1) is 13.2. The highest BCUT2D eigenvalue weighted by molar-refractivity contribution is 6.29. The van der Waals surface area contributed by atoms with Gasteiger partial charge in [0.25, 0.3) is 0 Å². The summed E-state index contributed by atoms with van der Waals surface area (Å²) in [5.74, 6) is 1.15. The van der Waals surface area contributed by atoms with Gasteiger partial charge in [-0.2, -0.15) is 5.10 Å². The lowest BCUT2D eigenvalue weighted by molar-refractivity contribution is -0.130. The summed E-state index contributed by atoms with van der Waals surface area (Å²) >= 11 is 5.67. The molecular weight excluding hydrogens is 280 g/mol. The second-order valence-corrected chi connectivity index (χ2v) is 5.34. The van der Waals surface area contributed by atoms with E-state index in [0.717, 1.165) is 25.2 Å². The molecule has 1 fully saturated rings. The predicted octanol–water partition coefficient (Wildman–Crippen LogP) is 2.00. The molecule has 3 rings (SSSR count). The molecule has 3 heterocycles. The van der Waals surface area contributed by atoms with Crippen LogP contribution in [-0.4, -0.2) is 39.3 Å². The minimum absolute atomic E-state index is 0.138. The number of aromatic amines is 1. The van der Waals surface area contributed by atoms with Crippen LogP contribution in [0.5, 0.6) is 0 Å². The van der Waals surface area contributed by atoms with Crippen LogP contribution in [0.15, 0.2) is 22.9 Å². The van der Waals surface area contributed by atoms with E-state index in [9.17, 15) is 4.79 Å². The van der Waals surface area contributed by atoms with Gasteiger partial charge >= 0.3 is 0 Å². The Bertz CT molecular complexity index is 581. The van der Waals surface area contributed by atoms with E-state index in [1.54, 1.807) is 12.3 Å². The van der Waals surface area contributed by atoms with Crippen molar-refractivity contribution in [3.63, 3.8) is 0 Å². The third kappa shape index (κ3) is 2.85. The van der Waals surface area contributed by atoms with E-state index in [-0.39, 0.29) is 5.91 Å². The lowest BCUT2D eigenvalue weighted by atomic mass is 10.1. The van der Waals surface area contributed by atoms with Crippen molar-refractivity contribution in [3.8, 4) is 0 Å². The van der Waals surface area contributed by atoms with Gasteiger partial charge in [0.1, 0.15) is 5.76 Å². The molecule has 0 aromatic carbocycles. The van der Waals surface area contributed by atoms with E-state index in [4.69, 9.17) is 16.1 Å². The molecule has 20 heavy (non-hydrogen) atoms. The number of rotatable bonds is 4. The van der Waals surface area contributed by atoms with Gasteiger partial charge in [0.05, 0.1) is 0 Å². The number of hydrogen-bond acceptors (Lipinski definition) is 4. The van der Waals surface area contributed by atoms with Gasteiger partial charge in [-0.1, -0.05) is 16.8 Å². The predicted molar refractivity (Wildman–Crippen MR) is 72.4 cm³/mol. The molecule has 1 unspecified atom stereocenters. The number of aryl methyl sites for hydroxylation is 1. The van der Waals surface area contributed by atoms with Crippen LogP contribution in [0.25, 0.3) is 0 Å². The van der Waals surface area contributed by atoms with Crippen LogP contribution < -0.4 is 0 Å². The fourth-order valence-corrected chi connectivity index (χ4v) is 2.68. The molecule has 106 valence electrons. The molecule has 7 heteroatoms. The minimum atomic E-state index is 0.138. The van der Waals surface area contributed by atoms with Crippen LogP contribution in [0.2, 0.25) is 5.15 Å². The van der Waals surface area contributed by atoms with Crippen LogP contribution in [0.4, 0.5) is 0 Å². The van der Waals surface area contributed by atoms with Gasteiger partial charge in [-0.15, -0.1) is 0 Å². The van der Waals surface area contributed by atoms with Crippen molar-refractivity contribution < 1.29 is 9.32 Å². The minimum Gasteiger partial charge on any atom is -0.360 e. The Labute approximate surface area is 121 Å². The molecular formula is C13H15ClN4O2. The fourth-order valence-electron chi connectivity index (χ4n) is 2.53. The summed E-state index contributed by atoms with van der Waals surface area (Å²) in [7, 11) is 0. The summed E-state index contributed by atoms with van der Waals surface area (Å²) in [6.07, 6.45) is 3.67.